The van der Waals surface area contributed by atoms with Gasteiger partial charge in [-0.2, -0.15) is 0 Å². The van der Waals surface area contributed by atoms with Gasteiger partial charge in [0.15, 0.2) is 0 Å². The van der Waals surface area contributed by atoms with Crippen LogP contribution in [0.4, 0.5) is 4.79 Å². The van der Waals surface area contributed by atoms with Crippen LogP contribution in [0.5, 0.6) is 0 Å². The van der Waals surface area contributed by atoms with E-state index in [1.165, 1.54) is 12.8 Å². The Bertz CT molecular complexity index is 317. The highest BCUT2D eigenvalue weighted by Crippen LogP contribution is 2.07. The minimum Gasteiger partial charge on any atom is -0.481 e. The van der Waals surface area contributed by atoms with Gasteiger partial charge in [0.25, 0.3) is 0 Å². The Morgan fingerprint density at radius 1 is 1.30 bits per heavy atom. The smallest absolute Gasteiger partial charge is 0.315 e. The molecule has 6 nitrogen and oxygen atoms in total. The topological polar surface area (TPSA) is 81.7 Å². The van der Waals surface area contributed by atoms with Gasteiger partial charge in [-0.05, 0) is 39.3 Å². The SMILES string of the molecule is CCCC(CNC(=O)NC(C)CN1CCCC1)C(=O)O. The van der Waals surface area contributed by atoms with Crippen molar-refractivity contribution in [2.45, 2.75) is 45.6 Å². The lowest BCUT2D eigenvalue weighted by Gasteiger charge is -2.21. The molecule has 0 bridgehead atoms. The predicted octanol–water partition coefficient (Wildman–Crippen LogP) is 1.27. The maximum atomic E-state index is 11.7. The molecular weight excluding hydrogens is 258 g/mol. The molecule has 2 atom stereocenters. The normalized spacial score (nSPS) is 18.5. The van der Waals surface area contributed by atoms with Gasteiger partial charge in [-0.1, -0.05) is 13.3 Å². The third-order valence-corrected chi connectivity index (χ3v) is 3.60. The third-order valence-electron chi connectivity index (χ3n) is 3.60. The lowest BCUT2D eigenvalue weighted by molar-refractivity contribution is -0.141. The monoisotopic (exact) mass is 285 g/mol. The zero-order valence-electron chi connectivity index (χ0n) is 12.5. The number of carbonyl (C=O) groups is 2. The summed E-state index contributed by atoms with van der Waals surface area (Å²) in [5, 5.41) is 14.5. The number of likely N-dealkylation sites (tertiary alicyclic amines) is 1. The van der Waals surface area contributed by atoms with Gasteiger partial charge in [0.1, 0.15) is 0 Å². The average molecular weight is 285 g/mol. The summed E-state index contributed by atoms with van der Waals surface area (Å²) in [5.41, 5.74) is 0. The molecule has 0 saturated carbocycles. The molecule has 0 aliphatic carbocycles. The average Bonchev–Trinajstić information content (AvgIpc) is 2.86. The van der Waals surface area contributed by atoms with Gasteiger partial charge in [-0.25, -0.2) is 4.79 Å². The van der Waals surface area contributed by atoms with Crippen LogP contribution in [0.3, 0.4) is 0 Å². The van der Waals surface area contributed by atoms with Gasteiger partial charge in [-0.15, -0.1) is 0 Å². The number of urea groups is 1. The minimum atomic E-state index is -0.850. The number of amides is 2. The zero-order chi connectivity index (χ0) is 15.0. The van der Waals surface area contributed by atoms with E-state index in [0.717, 1.165) is 26.1 Å². The second-order valence-corrected chi connectivity index (χ2v) is 5.59. The van der Waals surface area contributed by atoms with E-state index in [4.69, 9.17) is 5.11 Å². The number of hydrogen-bond acceptors (Lipinski definition) is 3. The Labute approximate surface area is 120 Å². The van der Waals surface area contributed by atoms with E-state index in [2.05, 4.69) is 15.5 Å². The van der Waals surface area contributed by atoms with Crippen LogP contribution >= 0.6 is 0 Å². The second kappa shape index (κ2) is 8.79. The van der Waals surface area contributed by atoms with Crippen LogP contribution in [-0.2, 0) is 4.79 Å². The van der Waals surface area contributed by atoms with Crippen molar-refractivity contribution >= 4 is 12.0 Å². The number of carboxylic acid groups (broad SMARTS) is 1. The Morgan fingerprint density at radius 2 is 1.95 bits per heavy atom. The summed E-state index contributed by atoms with van der Waals surface area (Å²) < 4.78 is 0. The van der Waals surface area contributed by atoms with Gasteiger partial charge in [0.2, 0.25) is 0 Å². The van der Waals surface area contributed by atoms with Crippen molar-refractivity contribution in [1.29, 1.82) is 0 Å². The summed E-state index contributed by atoms with van der Waals surface area (Å²) in [4.78, 5) is 25.0. The molecule has 0 aromatic carbocycles. The van der Waals surface area contributed by atoms with Crippen LogP contribution < -0.4 is 10.6 Å². The number of hydrogen-bond donors (Lipinski definition) is 3. The van der Waals surface area contributed by atoms with Crippen LogP contribution in [0, 0.1) is 5.92 Å². The van der Waals surface area contributed by atoms with Crippen molar-refractivity contribution < 1.29 is 14.7 Å². The van der Waals surface area contributed by atoms with E-state index < -0.39 is 11.9 Å². The molecule has 0 aromatic heterocycles. The largest absolute Gasteiger partial charge is 0.481 e. The van der Waals surface area contributed by atoms with Crippen LogP contribution in [-0.4, -0.2) is 54.2 Å². The van der Waals surface area contributed by atoms with Crippen molar-refractivity contribution in [2.75, 3.05) is 26.2 Å². The molecule has 0 spiro atoms. The number of rotatable bonds is 8. The third kappa shape index (κ3) is 6.23. The van der Waals surface area contributed by atoms with E-state index >= 15 is 0 Å². The molecule has 2 unspecified atom stereocenters. The number of nitrogens with zero attached hydrogens (tertiary/aromatic N) is 1. The fraction of sp³-hybridized carbons (Fsp3) is 0.857. The Balaban J connectivity index is 2.22. The summed E-state index contributed by atoms with van der Waals surface area (Å²) in [6.07, 6.45) is 3.84. The number of nitrogens with one attached hydrogen (secondary N) is 2. The molecule has 1 aliphatic heterocycles. The van der Waals surface area contributed by atoms with Crippen molar-refractivity contribution in [1.82, 2.24) is 15.5 Å². The van der Waals surface area contributed by atoms with Gasteiger partial charge < -0.3 is 20.6 Å². The predicted molar refractivity (Wildman–Crippen MR) is 77.7 cm³/mol. The summed E-state index contributed by atoms with van der Waals surface area (Å²) in [6, 6.07) is -0.207. The van der Waals surface area contributed by atoms with Crippen LogP contribution in [0.2, 0.25) is 0 Å². The highest BCUT2D eigenvalue weighted by molar-refractivity contribution is 5.76. The van der Waals surface area contributed by atoms with Gasteiger partial charge >= 0.3 is 12.0 Å². The number of carboxylic acids is 1. The molecule has 3 N–H and O–H groups in total. The molecule has 0 radical (unpaired) electrons. The second-order valence-electron chi connectivity index (χ2n) is 5.59. The summed E-state index contributed by atoms with van der Waals surface area (Å²) in [7, 11) is 0. The van der Waals surface area contributed by atoms with Gasteiger partial charge in [0.05, 0.1) is 5.92 Å². The van der Waals surface area contributed by atoms with Crippen LogP contribution in [0.25, 0.3) is 0 Å². The summed E-state index contributed by atoms with van der Waals surface area (Å²) in [6.45, 7) is 7.15. The van der Waals surface area contributed by atoms with E-state index in [1.807, 2.05) is 13.8 Å². The van der Waals surface area contributed by atoms with Crippen LogP contribution in [0.15, 0.2) is 0 Å². The van der Waals surface area contributed by atoms with Crippen LogP contribution in [0.1, 0.15) is 39.5 Å². The van der Waals surface area contributed by atoms with E-state index in [-0.39, 0.29) is 18.6 Å². The first-order valence-corrected chi connectivity index (χ1v) is 7.52. The highest BCUT2D eigenvalue weighted by Gasteiger charge is 2.19. The molecule has 0 aromatic rings. The molecule has 1 fully saturated rings. The summed E-state index contributed by atoms with van der Waals surface area (Å²) in [5.74, 6) is -1.35. The van der Waals surface area contributed by atoms with E-state index in [1.54, 1.807) is 0 Å². The fourth-order valence-corrected chi connectivity index (χ4v) is 2.55. The molecule has 2 amide bonds. The minimum absolute atomic E-state index is 0.0718. The number of aliphatic carboxylic acids is 1. The lowest BCUT2D eigenvalue weighted by Crippen LogP contribution is -2.47. The Kier molecular flexibility index (Phi) is 7.36. The standard InChI is InChI=1S/C14H27N3O3/c1-3-6-12(13(18)19)9-15-14(20)16-11(2)10-17-7-4-5-8-17/h11-12H,3-10H2,1-2H3,(H,18,19)(H2,15,16,20). The maximum absolute atomic E-state index is 11.7. The van der Waals surface area contributed by atoms with Gasteiger partial charge in [-0.3, -0.25) is 4.79 Å². The maximum Gasteiger partial charge on any atom is 0.315 e. The van der Waals surface area contributed by atoms with E-state index in [0.29, 0.717) is 6.42 Å². The van der Waals surface area contributed by atoms with Crippen molar-refractivity contribution in [3.05, 3.63) is 0 Å². The molecule has 1 saturated heterocycles. The highest BCUT2D eigenvalue weighted by atomic mass is 16.4. The number of carbonyl (C=O) groups excluding carboxylic acids is 1. The molecule has 20 heavy (non-hydrogen) atoms. The first kappa shape index (κ1) is 16.8. The Hall–Kier alpha value is -1.30. The zero-order valence-corrected chi connectivity index (χ0v) is 12.5. The first-order valence-electron chi connectivity index (χ1n) is 7.52. The molecule has 6 heteroatoms. The molecule has 1 aliphatic rings. The van der Waals surface area contributed by atoms with E-state index in [9.17, 15) is 9.59 Å². The molecule has 1 heterocycles. The Morgan fingerprint density at radius 3 is 2.50 bits per heavy atom. The quantitative estimate of drug-likeness (QED) is 0.627. The van der Waals surface area contributed by atoms with Crippen molar-refractivity contribution in [2.24, 2.45) is 5.92 Å². The van der Waals surface area contributed by atoms with Crippen molar-refractivity contribution in [3.8, 4) is 0 Å². The van der Waals surface area contributed by atoms with Gasteiger partial charge in [0, 0.05) is 19.1 Å². The molecule has 1 rings (SSSR count). The van der Waals surface area contributed by atoms with Crippen molar-refractivity contribution in [3.63, 3.8) is 0 Å². The first-order chi connectivity index (χ1) is 9.52. The lowest BCUT2D eigenvalue weighted by atomic mass is 10.0. The molecule has 116 valence electrons. The summed E-state index contributed by atoms with van der Waals surface area (Å²) >= 11 is 0. The molecular formula is C14H27N3O3. The fourth-order valence-electron chi connectivity index (χ4n) is 2.55.